The highest BCUT2D eigenvalue weighted by molar-refractivity contribution is 5.27. The van der Waals surface area contributed by atoms with Crippen LogP contribution in [0.4, 0.5) is 0 Å². The molecule has 0 fully saturated rings. The molecule has 0 heterocycles. The van der Waals surface area contributed by atoms with Gasteiger partial charge < -0.3 is 4.74 Å². The largest absolute Gasteiger partial charge is 0.497 e. The average Bonchev–Trinajstić information content (AvgIpc) is 2.15. The van der Waals surface area contributed by atoms with Crippen LogP contribution in [0.5, 0.6) is 5.75 Å². The number of methoxy groups -OCH3 is 1. The van der Waals surface area contributed by atoms with Gasteiger partial charge in [0.1, 0.15) is 5.75 Å². The van der Waals surface area contributed by atoms with E-state index in [4.69, 9.17) is 15.2 Å². The minimum Gasteiger partial charge on any atom is -0.497 e. The lowest BCUT2D eigenvalue weighted by molar-refractivity contribution is -0.305. The second kappa shape index (κ2) is 4.81. The van der Waals surface area contributed by atoms with E-state index in [1.807, 2.05) is 24.3 Å². The fourth-order valence-corrected chi connectivity index (χ4v) is 1.02. The maximum Gasteiger partial charge on any atom is 0.118 e. The quantitative estimate of drug-likeness (QED) is 0.691. The van der Waals surface area contributed by atoms with Crippen molar-refractivity contribution in [2.75, 3.05) is 13.7 Å². The molecule has 0 amide bonds. The van der Waals surface area contributed by atoms with E-state index in [1.165, 1.54) is 0 Å². The highest BCUT2D eigenvalue weighted by atomic mass is 16.8. The van der Waals surface area contributed by atoms with Gasteiger partial charge >= 0.3 is 0 Å². The van der Waals surface area contributed by atoms with Gasteiger partial charge in [0.05, 0.1) is 13.7 Å². The highest BCUT2D eigenvalue weighted by Crippen LogP contribution is 2.11. The molecule has 13 heavy (non-hydrogen) atoms. The fourth-order valence-electron chi connectivity index (χ4n) is 1.02. The van der Waals surface area contributed by atoms with Crippen LogP contribution in [0, 0.1) is 0 Å². The number of ether oxygens (including phenoxy) is 1. The van der Waals surface area contributed by atoms with Gasteiger partial charge in [-0.2, -0.15) is 0 Å². The Labute approximate surface area is 76.9 Å². The smallest absolute Gasteiger partial charge is 0.118 e. The van der Waals surface area contributed by atoms with Crippen LogP contribution in [0.15, 0.2) is 24.3 Å². The van der Waals surface area contributed by atoms with Gasteiger partial charge in [-0.3, -0.25) is 10.4 Å². The van der Waals surface area contributed by atoms with Crippen LogP contribution >= 0.6 is 0 Å². The monoisotopic (exact) mass is 183 g/mol. The minimum atomic E-state index is 0.185. The number of hydrogen-bond donors (Lipinski definition) is 2. The molecule has 1 aromatic carbocycles. The topological polar surface area (TPSA) is 52.9 Å². The van der Waals surface area contributed by atoms with E-state index in [1.54, 1.807) is 7.11 Å². The zero-order chi connectivity index (χ0) is 9.68. The molecule has 2 N–H and O–H groups in total. The Morgan fingerprint density at radius 1 is 1.23 bits per heavy atom. The maximum atomic E-state index is 8.48. The molecule has 4 nitrogen and oxygen atoms in total. The van der Waals surface area contributed by atoms with Crippen molar-refractivity contribution < 1.29 is 15.2 Å². The summed E-state index contributed by atoms with van der Waals surface area (Å²) >= 11 is 0. The Bertz CT molecular complexity index is 246. The van der Waals surface area contributed by atoms with Crippen molar-refractivity contribution in [3.8, 4) is 5.75 Å². The number of nitrogens with zero attached hydrogens (tertiary/aromatic N) is 1. The van der Waals surface area contributed by atoms with Crippen LogP contribution in [0.2, 0.25) is 0 Å². The zero-order valence-corrected chi connectivity index (χ0v) is 7.47. The molecule has 0 aliphatic heterocycles. The van der Waals surface area contributed by atoms with Gasteiger partial charge in [0.15, 0.2) is 0 Å². The molecule has 0 unspecified atom stereocenters. The molecule has 72 valence electrons. The van der Waals surface area contributed by atoms with Gasteiger partial charge in [-0.25, -0.2) is 0 Å². The lowest BCUT2D eigenvalue weighted by Gasteiger charge is -2.06. The normalized spacial score (nSPS) is 10.5. The first-order valence-electron chi connectivity index (χ1n) is 4.00. The number of hydroxylamine groups is 2. The van der Waals surface area contributed by atoms with Gasteiger partial charge in [-0.05, 0) is 24.1 Å². The van der Waals surface area contributed by atoms with Gasteiger partial charge in [-0.1, -0.05) is 17.4 Å². The molecule has 0 aromatic heterocycles. The molecular formula is C9H13NO3. The lowest BCUT2D eigenvalue weighted by atomic mass is 10.1. The Morgan fingerprint density at radius 2 is 1.85 bits per heavy atom. The van der Waals surface area contributed by atoms with E-state index < -0.39 is 0 Å². The van der Waals surface area contributed by atoms with Crippen LogP contribution in [0.3, 0.4) is 0 Å². The van der Waals surface area contributed by atoms with E-state index >= 15 is 0 Å². The van der Waals surface area contributed by atoms with E-state index in [2.05, 4.69) is 0 Å². The van der Waals surface area contributed by atoms with Crippen molar-refractivity contribution in [2.45, 2.75) is 6.42 Å². The predicted molar refractivity (Wildman–Crippen MR) is 47.0 cm³/mol. The second-order valence-corrected chi connectivity index (χ2v) is 2.69. The molecule has 0 saturated carbocycles. The Kier molecular flexibility index (Phi) is 3.70. The first-order valence-corrected chi connectivity index (χ1v) is 4.00. The molecular weight excluding hydrogens is 170 g/mol. The third-order valence-corrected chi connectivity index (χ3v) is 1.76. The number of benzene rings is 1. The van der Waals surface area contributed by atoms with Gasteiger partial charge in [0.25, 0.3) is 0 Å². The SMILES string of the molecule is COc1ccc(CCN(O)O)cc1. The summed E-state index contributed by atoms with van der Waals surface area (Å²) in [4.78, 5) is 0. The average molecular weight is 183 g/mol. The predicted octanol–water partition coefficient (Wildman–Crippen LogP) is 1.32. The molecule has 0 atom stereocenters. The molecule has 1 aromatic rings. The van der Waals surface area contributed by atoms with Gasteiger partial charge in [-0.15, -0.1) is 0 Å². The standard InChI is InChI=1S/C9H13NO3/c1-13-9-4-2-8(3-5-9)6-7-10(11)12/h2-5,11-12H,6-7H2,1H3. The first-order chi connectivity index (χ1) is 6.22. The molecule has 0 bridgehead atoms. The third kappa shape index (κ3) is 3.42. The van der Waals surface area contributed by atoms with Crippen LogP contribution in [0.1, 0.15) is 5.56 Å². The van der Waals surface area contributed by atoms with Crippen LogP contribution in [0.25, 0.3) is 0 Å². The van der Waals surface area contributed by atoms with Crippen molar-refractivity contribution in [1.82, 2.24) is 5.23 Å². The van der Waals surface area contributed by atoms with Crippen molar-refractivity contribution in [2.24, 2.45) is 0 Å². The number of hydrogen-bond acceptors (Lipinski definition) is 4. The van der Waals surface area contributed by atoms with E-state index in [9.17, 15) is 0 Å². The summed E-state index contributed by atoms with van der Waals surface area (Å²) < 4.78 is 4.99. The van der Waals surface area contributed by atoms with Crippen molar-refractivity contribution in [1.29, 1.82) is 0 Å². The summed E-state index contributed by atoms with van der Waals surface area (Å²) in [6, 6.07) is 7.47. The molecule has 1 rings (SSSR count). The van der Waals surface area contributed by atoms with Crippen LogP contribution in [-0.4, -0.2) is 29.3 Å². The first kappa shape index (κ1) is 9.98. The molecule has 0 spiro atoms. The lowest BCUT2D eigenvalue weighted by Crippen LogP contribution is -2.16. The molecule has 0 aliphatic rings. The van der Waals surface area contributed by atoms with E-state index in [0.29, 0.717) is 6.42 Å². The number of rotatable bonds is 4. The maximum absolute atomic E-state index is 8.48. The summed E-state index contributed by atoms with van der Waals surface area (Å²) in [6.07, 6.45) is 0.594. The summed E-state index contributed by atoms with van der Waals surface area (Å²) in [7, 11) is 1.61. The molecule has 0 saturated heterocycles. The Morgan fingerprint density at radius 3 is 2.31 bits per heavy atom. The molecule has 0 aliphatic carbocycles. The zero-order valence-electron chi connectivity index (χ0n) is 7.47. The fraction of sp³-hybridized carbons (Fsp3) is 0.333. The van der Waals surface area contributed by atoms with Crippen molar-refractivity contribution in [3.05, 3.63) is 29.8 Å². The van der Waals surface area contributed by atoms with Crippen molar-refractivity contribution in [3.63, 3.8) is 0 Å². The Hall–Kier alpha value is -1.10. The summed E-state index contributed by atoms with van der Waals surface area (Å²) in [5.74, 6) is 0.800. The van der Waals surface area contributed by atoms with E-state index in [-0.39, 0.29) is 11.8 Å². The summed E-state index contributed by atoms with van der Waals surface area (Å²) in [5, 5.41) is 17.1. The van der Waals surface area contributed by atoms with Gasteiger partial charge in [0, 0.05) is 0 Å². The van der Waals surface area contributed by atoms with E-state index in [0.717, 1.165) is 11.3 Å². The summed E-state index contributed by atoms with van der Waals surface area (Å²) in [5.41, 5.74) is 1.04. The molecule has 0 radical (unpaired) electrons. The minimum absolute atomic E-state index is 0.185. The van der Waals surface area contributed by atoms with Crippen LogP contribution < -0.4 is 4.74 Å². The molecule has 4 heteroatoms. The highest BCUT2D eigenvalue weighted by Gasteiger charge is 1.97. The van der Waals surface area contributed by atoms with Crippen LogP contribution in [-0.2, 0) is 6.42 Å². The Balaban J connectivity index is 2.49. The van der Waals surface area contributed by atoms with Gasteiger partial charge in [0.2, 0.25) is 0 Å². The third-order valence-electron chi connectivity index (χ3n) is 1.76. The summed E-state index contributed by atoms with van der Waals surface area (Å²) in [6.45, 7) is 0.201. The van der Waals surface area contributed by atoms with Crippen molar-refractivity contribution >= 4 is 0 Å². The second-order valence-electron chi connectivity index (χ2n) is 2.69.